The molecule has 3 aliphatic rings. The molecular formula is C24H34N4O2. The van der Waals surface area contributed by atoms with E-state index in [-0.39, 0.29) is 18.1 Å². The highest BCUT2D eigenvalue weighted by Crippen LogP contribution is 2.37. The molecule has 30 heavy (non-hydrogen) atoms. The Balaban J connectivity index is 1.40. The number of anilines is 1. The van der Waals surface area contributed by atoms with Gasteiger partial charge >= 0.3 is 0 Å². The fourth-order valence-corrected chi connectivity index (χ4v) is 5.75. The molecule has 2 saturated heterocycles. The van der Waals surface area contributed by atoms with Crippen LogP contribution in [-0.2, 0) is 9.53 Å². The van der Waals surface area contributed by atoms with Gasteiger partial charge in [-0.05, 0) is 51.7 Å². The summed E-state index contributed by atoms with van der Waals surface area (Å²) in [6.45, 7) is 7.30. The van der Waals surface area contributed by atoms with Crippen LogP contribution in [0, 0.1) is 5.92 Å². The van der Waals surface area contributed by atoms with Gasteiger partial charge in [0.15, 0.2) is 0 Å². The molecular weight excluding hydrogens is 376 g/mol. The fourth-order valence-electron chi connectivity index (χ4n) is 5.75. The number of fused-ring (bicyclic) bond motifs is 1. The molecule has 6 nitrogen and oxygen atoms in total. The largest absolute Gasteiger partial charge is 0.372 e. The van der Waals surface area contributed by atoms with Crippen LogP contribution in [0.4, 0.5) is 5.95 Å². The number of ether oxygens (including phenoxy) is 1. The summed E-state index contributed by atoms with van der Waals surface area (Å²) in [5.74, 6) is 1.42. The van der Waals surface area contributed by atoms with Gasteiger partial charge in [0.25, 0.3) is 0 Å². The first-order chi connectivity index (χ1) is 14.6. The van der Waals surface area contributed by atoms with Crippen molar-refractivity contribution in [1.82, 2.24) is 14.5 Å². The van der Waals surface area contributed by atoms with Gasteiger partial charge in [-0.1, -0.05) is 25.0 Å². The standard InChI is InChI=1S/C24H34N4O2/c1-17-14-27(15-18(2)30-17)23(29)19-8-7-13-26(16-19)24-25-21-11-5-6-12-22(21)28(24)20-9-3-4-10-20/h5-6,11-12,17-20H,3-4,7-10,13-16H2,1-2H3/t17-,18-,19+/m1/s1. The van der Waals surface area contributed by atoms with Crippen molar-refractivity contribution in [3.05, 3.63) is 24.3 Å². The minimum absolute atomic E-state index is 0.0492. The molecule has 1 aromatic heterocycles. The molecule has 2 aromatic rings. The van der Waals surface area contributed by atoms with Crippen LogP contribution in [0.2, 0.25) is 0 Å². The number of amides is 1. The Morgan fingerprint density at radius 2 is 1.73 bits per heavy atom. The van der Waals surface area contributed by atoms with E-state index in [0.29, 0.717) is 25.0 Å². The van der Waals surface area contributed by atoms with Gasteiger partial charge in [-0.3, -0.25) is 4.79 Å². The zero-order valence-electron chi connectivity index (χ0n) is 18.3. The smallest absolute Gasteiger partial charge is 0.227 e. The number of carbonyl (C=O) groups is 1. The molecule has 0 bridgehead atoms. The van der Waals surface area contributed by atoms with E-state index in [2.05, 4.69) is 47.6 Å². The summed E-state index contributed by atoms with van der Waals surface area (Å²) < 4.78 is 8.31. The summed E-state index contributed by atoms with van der Waals surface area (Å²) in [6.07, 6.45) is 7.29. The third kappa shape index (κ3) is 3.70. The molecule has 5 rings (SSSR count). The average Bonchev–Trinajstić information content (AvgIpc) is 3.40. The van der Waals surface area contributed by atoms with Gasteiger partial charge in [-0.2, -0.15) is 0 Å². The molecule has 3 atom stereocenters. The molecule has 1 saturated carbocycles. The summed E-state index contributed by atoms with van der Waals surface area (Å²) in [7, 11) is 0. The Morgan fingerprint density at radius 1 is 1.00 bits per heavy atom. The number of piperidine rings is 1. The molecule has 0 spiro atoms. The Kier molecular flexibility index (Phi) is 5.44. The van der Waals surface area contributed by atoms with Gasteiger partial charge in [0.1, 0.15) is 0 Å². The fraction of sp³-hybridized carbons (Fsp3) is 0.667. The van der Waals surface area contributed by atoms with E-state index >= 15 is 0 Å². The van der Waals surface area contributed by atoms with E-state index < -0.39 is 0 Å². The van der Waals surface area contributed by atoms with Gasteiger partial charge in [0, 0.05) is 32.2 Å². The van der Waals surface area contributed by atoms with E-state index in [9.17, 15) is 4.79 Å². The van der Waals surface area contributed by atoms with Gasteiger partial charge < -0.3 is 19.1 Å². The normalized spacial score (nSPS) is 28.4. The molecule has 1 aromatic carbocycles. The van der Waals surface area contributed by atoms with E-state index in [4.69, 9.17) is 9.72 Å². The van der Waals surface area contributed by atoms with Crippen LogP contribution in [0.25, 0.3) is 11.0 Å². The highest BCUT2D eigenvalue weighted by molar-refractivity contribution is 5.81. The van der Waals surface area contributed by atoms with E-state index in [1.54, 1.807) is 0 Å². The third-order valence-electron chi connectivity index (χ3n) is 7.05. The lowest BCUT2D eigenvalue weighted by Crippen LogP contribution is -2.52. The number of hydrogen-bond donors (Lipinski definition) is 0. The van der Waals surface area contributed by atoms with Crippen LogP contribution in [-0.4, -0.2) is 58.7 Å². The highest BCUT2D eigenvalue weighted by Gasteiger charge is 2.35. The number of hydrogen-bond acceptors (Lipinski definition) is 4. The molecule has 0 radical (unpaired) electrons. The first-order valence-corrected chi connectivity index (χ1v) is 11.8. The molecule has 0 N–H and O–H groups in total. The second-order valence-corrected chi connectivity index (χ2v) is 9.49. The number of aromatic nitrogens is 2. The van der Waals surface area contributed by atoms with Crippen molar-refractivity contribution >= 4 is 22.9 Å². The van der Waals surface area contributed by atoms with Crippen molar-refractivity contribution in [2.75, 3.05) is 31.1 Å². The van der Waals surface area contributed by atoms with Crippen LogP contribution >= 0.6 is 0 Å². The van der Waals surface area contributed by atoms with Crippen molar-refractivity contribution in [3.63, 3.8) is 0 Å². The number of imidazole rings is 1. The zero-order chi connectivity index (χ0) is 20.7. The number of carbonyl (C=O) groups excluding carboxylic acids is 1. The van der Waals surface area contributed by atoms with Crippen LogP contribution in [0.1, 0.15) is 58.4 Å². The molecule has 1 amide bonds. The Labute approximate surface area is 179 Å². The van der Waals surface area contributed by atoms with E-state index in [0.717, 1.165) is 37.4 Å². The maximum absolute atomic E-state index is 13.4. The molecule has 1 aliphatic carbocycles. The minimum atomic E-state index is 0.0492. The van der Waals surface area contributed by atoms with Crippen molar-refractivity contribution in [2.45, 2.75) is 70.6 Å². The van der Waals surface area contributed by atoms with Crippen molar-refractivity contribution in [1.29, 1.82) is 0 Å². The number of nitrogens with zero attached hydrogens (tertiary/aromatic N) is 4. The van der Waals surface area contributed by atoms with Crippen LogP contribution < -0.4 is 4.90 Å². The second kappa shape index (κ2) is 8.22. The third-order valence-corrected chi connectivity index (χ3v) is 7.05. The summed E-state index contributed by atoms with van der Waals surface area (Å²) in [6, 6.07) is 9.04. The van der Waals surface area contributed by atoms with Crippen LogP contribution in [0.15, 0.2) is 24.3 Å². The lowest BCUT2D eigenvalue weighted by atomic mass is 9.96. The van der Waals surface area contributed by atoms with Gasteiger partial charge in [0.05, 0.1) is 29.2 Å². The number of benzene rings is 1. The first-order valence-electron chi connectivity index (χ1n) is 11.8. The van der Waals surface area contributed by atoms with E-state index in [1.165, 1.54) is 31.2 Å². The van der Waals surface area contributed by atoms with E-state index in [1.807, 2.05) is 4.90 Å². The quantitative estimate of drug-likeness (QED) is 0.767. The van der Waals surface area contributed by atoms with Crippen LogP contribution in [0.5, 0.6) is 0 Å². The number of morpholine rings is 1. The Morgan fingerprint density at radius 3 is 2.50 bits per heavy atom. The monoisotopic (exact) mass is 410 g/mol. The zero-order valence-corrected chi connectivity index (χ0v) is 18.3. The summed E-state index contributed by atoms with van der Waals surface area (Å²) in [5, 5.41) is 0. The topological polar surface area (TPSA) is 50.6 Å². The van der Waals surface area contributed by atoms with Gasteiger partial charge in [-0.15, -0.1) is 0 Å². The second-order valence-electron chi connectivity index (χ2n) is 9.49. The predicted octanol–water partition coefficient (Wildman–Crippen LogP) is 4.00. The number of rotatable bonds is 3. The van der Waals surface area contributed by atoms with Crippen molar-refractivity contribution in [2.24, 2.45) is 5.92 Å². The molecule has 3 heterocycles. The average molecular weight is 411 g/mol. The summed E-state index contributed by atoms with van der Waals surface area (Å²) in [5.41, 5.74) is 2.31. The SMILES string of the molecule is C[C@@H]1CN(C(=O)[C@H]2CCCN(c3nc4ccccc4n3C3CCCC3)C2)C[C@@H](C)O1. The Hall–Kier alpha value is -2.08. The predicted molar refractivity (Wildman–Crippen MR) is 119 cm³/mol. The molecule has 162 valence electrons. The molecule has 3 fully saturated rings. The summed E-state index contributed by atoms with van der Waals surface area (Å²) in [4.78, 5) is 22.8. The van der Waals surface area contributed by atoms with Gasteiger partial charge in [0.2, 0.25) is 11.9 Å². The van der Waals surface area contributed by atoms with Gasteiger partial charge in [-0.25, -0.2) is 4.98 Å². The highest BCUT2D eigenvalue weighted by atomic mass is 16.5. The lowest BCUT2D eigenvalue weighted by molar-refractivity contribution is -0.147. The minimum Gasteiger partial charge on any atom is -0.372 e. The van der Waals surface area contributed by atoms with Crippen molar-refractivity contribution < 1.29 is 9.53 Å². The lowest BCUT2D eigenvalue weighted by Gasteiger charge is -2.40. The molecule has 6 heteroatoms. The maximum Gasteiger partial charge on any atom is 0.227 e. The van der Waals surface area contributed by atoms with Crippen LogP contribution in [0.3, 0.4) is 0 Å². The molecule has 0 unspecified atom stereocenters. The first kappa shape index (κ1) is 19.9. The maximum atomic E-state index is 13.4. The molecule has 2 aliphatic heterocycles. The summed E-state index contributed by atoms with van der Waals surface area (Å²) >= 11 is 0. The Bertz CT molecular complexity index is 894. The van der Waals surface area contributed by atoms with Crippen molar-refractivity contribution in [3.8, 4) is 0 Å². The number of para-hydroxylation sites is 2.